The third-order valence-corrected chi connectivity index (χ3v) is 2.48. The summed E-state index contributed by atoms with van der Waals surface area (Å²) in [6.07, 6.45) is 7.59. The summed E-state index contributed by atoms with van der Waals surface area (Å²) < 4.78 is 0. The Bertz CT molecular complexity index is 381. The highest BCUT2D eigenvalue weighted by Gasteiger charge is 2.03. The lowest BCUT2D eigenvalue weighted by Gasteiger charge is -2.12. The van der Waals surface area contributed by atoms with Crippen molar-refractivity contribution >= 4 is 0 Å². The van der Waals surface area contributed by atoms with E-state index in [0.717, 1.165) is 6.54 Å². The first-order valence-corrected chi connectivity index (χ1v) is 5.11. The molecular formula is C12H15N3. The Hall–Kier alpha value is -1.61. The van der Waals surface area contributed by atoms with Crippen LogP contribution >= 0.6 is 0 Å². The molecule has 2 rings (SSSR count). The van der Waals surface area contributed by atoms with Crippen LogP contribution in [-0.4, -0.2) is 9.97 Å². The summed E-state index contributed by atoms with van der Waals surface area (Å²) in [6.45, 7) is 3.04. The van der Waals surface area contributed by atoms with E-state index in [1.807, 2.05) is 36.9 Å². The molecule has 0 fully saturated rings. The van der Waals surface area contributed by atoms with E-state index >= 15 is 0 Å². The van der Waals surface area contributed by atoms with E-state index in [1.54, 1.807) is 0 Å². The van der Waals surface area contributed by atoms with E-state index in [0.29, 0.717) is 6.04 Å². The molecule has 0 aliphatic heterocycles. The fourth-order valence-corrected chi connectivity index (χ4v) is 1.51. The highest BCUT2D eigenvalue weighted by atomic mass is 14.9. The molecule has 1 atom stereocenters. The van der Waals surface area contributed by atoms with Gasteiger partial charge in [0, 0.05) is 37.4 Å². The fraction of sp³-hybridized carbons (Fsp3) is 0.250. The van der Waals surface area contributed by atoms with Crippen molar-refractivity contribution in [1.82, 2.24) is 15.3 Å². The Morgan fingerprint density at radius 1 is 1.33 bits per heavy atom. The maximum absolute atomic E-state index is 4.01. The molecule has 3 nitrogen and oxygen atoms in total. The SMILES string of the molecule is C[C@@H](NCc1cc[nH]c1)c1ccncc1. The fourth-order valence-electron chi connectivity index (χ4n) is 1.51. The quantitative estimate of drug-likeness (QED) is 0.796. The Morgan fingerprint density at radius 3 is 2.80 bits per heavy atom. The summed E-state index contributed by atoms with van der Waals surface area (Å²) in [6, 6.07) is 6.50. The molecule has 3 heteroatoms. The van der Waals surface area contributed by atoms with Crippen LogP contribution in [0.4, 0.5) is 0 Å². The topological polar surface area (TPSA) is 40.7 Å². The van der Waals surface area contributed by atoms with Gasteiger partial charge in [-0.25, -0.2) is 0 Å². The standard InChI is InChI=1S/C12H15N3/c1-10(12-3-6-13-7-4-12)15-9-11-2-5-14-8-11/h2-8,10,14-15H,9H2,1H3/t10-/m1/s1. The Labute approximate surface area is 89.6 Å². The molecule has 0 aliphatic carbocycles. The van der Waals surface area contributed by atoms with E-state index in [-0.39, 0.29) is 0 Å². The monoisotopic (exact) mass is 201 g/mol. The number of rotatable bonds is 4. The molecule has 0 bridgehead atoms. The zero-order valence-electron chi connectivity index (χ0n) is 8.77. The van der Waals surface area contributed by atoms with Gasteiger partial charge < -0.3 is 10.3 Å². The number of aromatic amines is 1. The molecule has 2 aromatic heterocycles. The van der Waals surface area contributed by atoms with Crippen LogP contribution in [0, 0.1) is 0 Å². The Kier molecular flexibility index (Phi) is 3.15. The highest BCUT2D eigenvalue weighted by molar-refractivity contribution is 5.15. The van der Waals surface area contributed by atoms with Gasteiger partial charge in [0.15, 0.2) is 0 Å². The predicted octanol–water partition coefficient (Wildman–Crippen LogP) is 2.26. The first-order valence-electron chi connectivity index (χ1n) is 5.11. The maximum Gasteiger partial charge on any atom is 0.0296 e. The van der Waals surface area contributed by atoms with Gasteiger partial charge in [0.2, 0.25) is 0 Å². The van der Waals surface area contributed by atoms with Crippen molar-refractivity contribution in [1.29, 1.82) is 0 Å². The third-order valence-electron chi connectivity index (χ3n) is 2.48. The van der Waals surface area contributed by atoms with Crippen LogP contribution < -0.4 is 5.32 Å². The second-order valence-electron chi connectivity index (χ2n) is 3.60. The summed E-state index contributed by atoms with van der Waals surface area (Å²) in [7, 11) is 0. The van der Waals surface area contributed by atoms with Crippen molar-refractivity contribution in [2.24, 2.45) is 0 Å². The molecule has 0 aromatic carbocycles. The van der Waals surface area contributed by atoms with Gasteiger partial charge in [-0.05, 0) is 36.2 Å². The average molecular weight is 201 g/mol. The highest BCUT2D eigenvalue weighted by Crippen LogP contribution is 2.10. The minimum atomic E-state index is 0.350. The van der Waals surface area contributed by atoms with Crippen LogP contribution in [0.15, 0.2) is 43.0 Å². The van der Waals surface area contributed by atoms with Gasteiger partial charge >= 0.3 is 0 Å². The molecule has 0 unspecified atom stereocenters. The number of aromatic nitrogens is 2. The van der Waals surface area contributed by atoms with Gasteiger partial charge in [-0.2, -0.15) is 0 Å². The normalized spacial score (nSPS) is 12.6. The second kappa shape index (κ2) is 4.75. The van der Waals surface area contributed by atoms with Crippen LogP contribution in [0.2, 0.25) is 0 Å². The van der Waals surface area contributed by atoms with Crippen molar-refractivity contribution in [2.75, 3.05) is 0 Å². The first-order chi connectivity index (χ1) is 7.36. The van der Waals surface area contributed by atoms with Gasteiger partial charge in [-0.15, -0.1) is 0 Å². The number of nitrogens with zero attached hydrogens (tertiary/aromatic N) is 1. The number of hydrogen-bond donors (Lipinski definition) is 2. The molecule has 2 aromatic rings. The lowest BCUT2D eigenvalue weighted by Crippen LogP contribution is -2.17. The molecule has 0 aliphatic rings. The summed E-state index contributed by atoms with van der Waals surface area (Å²) in [5, 5.41) is 3.45. The lowest BCUT2D eigenvalue weighted by atomic mass is 10.1. The largest absolute Gasteiger partial charge is 0.367 e. The zero-order chi connectivity index (χ0) is 10.5. The zero-order valence-corrected chi connectivity index (χ0v) is 8.77. The summed E-state index contributed by atoms with van der Waals surface area (Å²) in [5.74, 6) is 0. The molecule has 15 heavy (non-hydrogen) atoms. The van der Waals surface area contributed by atoms with Crippen molar-refractivity contribution < 1.29 is 0 Å². The van der Waals surface area contributed by atoms with Crippen molar-refractivity contribution in [3.63, 3.8) is 0 Å². The Balaban J connectivity index is 1.90. The molecule has 0 saturated carbocycles. The molecule has 2 N–H and O–H groups in total. The van der Waals surface area contributed by atoms with Crippen LogP contribution in [0.3, 0.4) is 0 Å². The number of pyridine rings is 1. The number of hydrogen-bond acceptors (Lipinski definition) is 2. The average Bonchev–Trinajstić information content (AvgIpc) is 2.80. The molecular weight excluding hydrogens is 186 g/mol. The van der Waals surface area contributed by atoms with Crippen molar-refractivity contribution in [2.45, 2.75) is 19.5 Å². The summed E-state index contributed by atoms with van der Waals surface area (Å²) >= 11 is 0. The lowest BCUT2D eigenvalue weighted by molar-refractivity contribution is 0.574. The van der Waals surface area contributed by atoms with E-state index in [1.165, 1.54) is 11.1 Å². The summed E-state index contributed by atoms with van der Waals surface area (Å²) in [5.41, 5.74) is 2.54. The minimum absolute atomic E-state index is 0.350. The van der Waals surface area contributed by atoms with Gasteiger partial charge in [-0.3, -0.25) is 4.98 Å². The van der Waals surface area contributed by atoms with E-state index in [4.69, 9.17) is 0 Å². The van der Waals surface area contributed by atoms with Crippen molar-refractivity contribution in [3.8, 4) is 0 Å². The molecule has 0 spiro atoms. The van der Waals surface area contributed by atoms with E-state index < -0.39 is 0 Å². The van der Waals surface area contributed by atoms with Crippen molar-refractivity contribution in [3.05, 3.63) is 54.1 Å². The van der Waals surface area contributed by atoms with Crippen LogP contribution in [0.1, 0.15) is 24.1 Å². The molecule has 0 radical (unpaired) electrons. The maximum atomic E-state index is 4.01. The molecule has 78 valence electrons. The van der Waals surface area contributed by atoms with Crippen LogP contribution in [-0.2, 0) is 6.54 Å². The first kappa shape index (κ1) is 9.93. The molecule has 0 amide bonds. The van der Waals surface area contributed by atoms with Crippen LogP contribution in [0.25, 0.3) is 0 Å². The minimum Gasteiger partial charge on any atom is -0.367 e. The summed E-state index contributed by atoms with van der Waals surface area (Å²) in [4.78, 5) is 7.05. The van der Waals surface area contributed by atoms with E-state index in [2.05, 4.69) is 28.3 Å². The molecule has 0 saturated heterocycles. The van der Waals surface area contributed by atoms with Gasteiger partial charge in [0.05, 0.1) is 0 Å². The second-order valence-corrected chi connectivity index (χ2v) is 3.60. The van der Waals surface area contributed by atoms with Gasteiger partial charge in [0.1, 0.15) is 0 Å². The smallest absolute Gasteiger partial charge is 0.0296 e. The predicted molar refractivity (Wildman–Crippen MR) is 60.3 cm³/mol. The van der Waals surface area contributed by atoms with Gasteiger partial charge in [0.25, 0.3) is 0 Å². The Morgan fingerprint density at radius 2 is 2.13 bits per heavy atom. The third kappa shape index (κ3) is 2.67. The number of H-pyrrole nitrogens is 1. The number of nitrogens with one attached hydrogen (secondary N) is 2. The molecule has 2 heterocycles. The van der Waals surface area contributed by atoms with Crippen LogP contribution in [0.5, 0.6) is 0 Å². The van der Waals surface area contributed by atoms with Gasteiger partial charge in [-0.1, -0.05) is 0 Å². The van der Waals surface area contributed by atoms with E-state index in [9.17, 15) is 0 Å².